The number of aliphatic hydroxyl groups excluding tert-OH is 1. The fraction of sp³-hybridized carbons (Fsp3) is 0.318. The van der Waals surface area contributed by atoms with E-state index in [4.69, 9.17) is 0 Å². The highest BCUT2D eigenvalue weighted by atomic mass is 32.2. The third-order valence-electron chi connectivity index (χ3n) is 6.05. The average Bonchev–Trinajstić information content (AvgIpc) is 3.02. The van der Waals surface area contributed by atoms with E-state index in [1.54, 1.807) is 49.2 Å². The molecule has 0 atom stereocenters. The highest BCUT2D eigenvalue weighted by Crippen LogP contribution is 2.33. The number of rotatable bonds is 6. The van der Waals surface area contributed by atoms with Gasteiger partial charge in [-0.3, -0.25) is 24.3 Å². The molecule has 3 aromatic rings. The number of piperidine rings is 1. The smallest absolute Gasteiger partial charge is 0.296 e. The summed E-state index contributed by atoms with van der Waals surface area (Å²) < 4.78 is 31.5. The Morgan fingerprint density at radius 3 is 2.38 bits per heavy atom. The molecule has 0 bridgehead atoms. The van der Waals surface area contributed by atoms with E-state index in [-0.39, 0.29) is 22.0 Å². The largest absolute Gasteiger partial charge is 0.393 e. The summed E-state index contributed by atoms with van der Waals surface area (Å²) in [6.07, 6.45) is 0.493. The van der Waals surface area contributed by atoms with E-state index in [0.717, 1.165) is 6.07 Å². The van der Waals surface area contributed by atoms with Crippen LogP contribution >= 0.6 is 0 Å². The molecule has 0 radical (unpaired) electrons. The Hall–Kier alpha value is -3.64. The van der Waals surface area contributed by atoms with Gasteiger partial charge in [0.25, 0.3) is 21.3 Å². The van der Waals surface area contributed by atoms with Crippen molar-refractivity contribution in [3.8, 4) is 5.69 Å². The number of hydrogen-bond donors (Lipinski definition) is 2. The minimum Gasteiger partial charge on any atom is -0.393 e. The van der Waals surface area contributed by atoms with Gasteiger partial charge in [0.2, 0.25) is 0 Å². The maximum absolute atomic E-state index is 13.1. The molecule has 0 amide bonds. The first kappa shape index (κ1) is 23.5. The Kier molecular flexibility index (Phi) is 6.19. The topological polar surface area (TPSA) is 140 Å². The molecule has 1 aliphatic heterocycles. The molecule has 180 valence electrons. The molecule has 2 N–H and O–H groups in total. The van der Waals surface area contributed by atoms with Crippen LogP contribution in [0.5, 0.6) is 0 Å². The van der Waals surface area contributed by atoms with Crippen molar-refractivity contribution in [2.24, 2.45) is 7.05 Å². The van der Waals surface area contributed by atoms with Gasteiger partial charge in [0.05, 0.1) is 27.3 Å². The van der Waals surface area contributed by atoms with Gasteiger partial charge in [-0.1, -0.05) is 18.2 Å². The second kappa shape index (κ2) is 8.95. The van der Waals surface area contributed by atoms with Crippen molar-refractivity contribution in [1.82, 2.24) is 9.36 Å². The summed E-state index contributed by atoms with van der Waals surface area (Å²) in [5, 5.41) is 21.4. The first-order valence-corrected chi connectivity index (χ1v) is 12.2. The van der Waals surface area contributed by atoms with E-state index >= 15 is 0 Å². The monoisotopic (exact) mass is 487 g/mol. The number of nitro groups is 1. The Morgan fingerprint density at radius 2 is 1.76 bits per heavy atom. The number of aromatic nitrogens is 2. The maximum atomic E-state index is 13.1. The summed E-state index contributed by atoms with van der Waals surface area (Å²) in [5.41, 5.74) is 0.186. The molecule has 12 heteroatoms. The molecule has 4 rings (SSSR count). The van der Waals surface area contributed by atoms with Gasteiger partial charge >= 0.3 is 0 Å². The average molecular weight is 488 g/mol. The van der Waals surface area contributed by atoms with Gasteiger partial charge in [0.15, 0.2) is 0 Å². The summed E-state index contributed by atoms with van der Waals surface area (Å²) in [5.74, 6) is 0. The van der Waals surface area contributed by atoms with Gasteiger partial charge in [-0.15, -0.1) is 0 Å². The fourth-order valence-electron chi connectivity index (χ4n) is 4.07. The lowest BCUT2D eigenvalue weighted by atomic mass is 10.1. The molecule has 1 fully saturated rings. The first-order valence-electron chi connectivity index (χ1n) is 10.7. The van der Waals surface area contributed by atoms with E-state index in [9.17, 15) is 28.4 Å². The van der Waals surface area contributed by atoms with Crippen LogP contribution in [0.25, 0.3) is 5.69 Å². The van der Waals surface area contributed by atoms with Crippen molar-refractivity contribution < 1.29 is 18.4 Å². The first-order chi connectivity index (χ1) is 16.1. The van der Waals surface area contributed by atoms with Crippen LogP contribution in [0, 0.1) is 17.0 Å². The number of nitrogens with one attached hydrogen (secondary N) is 1. The van der Waals surface area contributed by atoms with Crippen LogP contribution in [0.1, 0.15) is 18.5 Å². The van der Waals surface area contributed by atoms with Crippen LogP contribution in [0.4, 0.5) is 17.1 Å². The van der Waals surface area contributed by atoms with Gasteiger partial charge in [0.1, 0.15) is 11.4 Å². The summed E-state index contributed by atoms with van der Waals surface area (Å²) >= 11 is 0. The molecule has 1 aliphatic rings. The van der Waals surface area contributed by atoms with Crippen molar-refractivity contribution in [2.75, 3.05) is 22.7 Å². The predicted octanol–water partition coefficient (Wildman–Crippen LogP) is 2.15. The fourth-order valence-corrected chi connectivity index (χ4v) is 5.21. The third kappa shape index (κ3) is 4.29. The number of benzene rings is 2. The Labute approximate surface area is 196 Å². The van der Waals surface area contributed by atoms with E-state index < -0.39 is 26.6 Å². The van der Waals surface area contributed by atoms with Crippen molar-refractivity contribution >= 4 is 27.1 Å². The van der Waals surface area contributed by atoms with Crippen LogP contribution in [0.15, 0.2) is 58.2 Å². The van der Waals surface area contributed by atoms with Crippen LogP contribution in [-0.2, 0) is 17.1 Å². The highest BCUT2D eigenvalue weighted by Gasteiger charge is 2.28. The van der Waals surface area contributed by atoms with Crippen molar-refractivity contribution in [2.45, 2.75) is 30.8 Å². The Morgan fingerprint density at radius 1 is 1.12 bits per heavy atom. The highest BCUT2D eigenvalue weighted by molar-refractivity contribution is 7.92. The zero-order valence-electron chi connectivity index (χ0n) is 18.7. The summed E-state index contributed by atoms with van der Waals surface area (Å²) in [7, 11) is -2.66. The van der Waals surface area contributed by atoms with Gasteiger partial charge in [0, 0.05) is 26.2 Å². The molecule has 0 unspecified atom stereocenters. The summed E-state index contributed by atoms with van der Waals surface area (Å²) in [4.78, 5) is 25.6. The Bertz CT molecular complexity index is 1390. The minimum absolute atomic E-state index is 0.136. The molecule has 11 nitrogen and oxygen atoms in total. The lowest BCUT2D eigenvalue weighted by Crippen LogP contribution is -2.36. The maximum Gasteiger partial charge on any atom is 0.296 e. The van der Waals surface area contributed by atoms with E-state index in [1.165, 1.54) is 21.5 Å². The number of nitrogens with zero attached hydrogens (tertiary/aromatic N) is 4. The second-order valence-electron chi connectivity index (χ2n) is 8.17. The normalized spacial score (nSPS) is 14.9. The van der Waals surface area contributed by atoms with Crippen molar-refractivity contribution in [3.63, 3.8) is 0 Å². The SMILES string of the molecule is Cc1c(NS(=O)(=O)c2ccc(N3CCC(O)CC3)c([N+](=O)[O-])c2)c(=O)n(-c2ccccc2)n1C. The zero-order chi connectivity index (χ0) is 24.6. The molecule has 1 saturated heterocycles. The van der Waals surface area contributed by atoms with Gasteiger partial charge < -0.3 is 10.0 Å². The number of anilines is 2. The quantitative estimate of drug-likeness (QED) is 0.401. The van der Waals surface area contributed by atoms with Gasteiger partial charge in [-0.05, 0) is 44.0 Å². The van der Waals surface area contributed by atoms with Gasteiger partial charge in [-0.2, -0.15) is 0 Å². The summed E-state index contributed by atoms with van der Waals surface area (Å²) in [6.45, 7) is 2.46. The third-order valence-corrected chi connectivity index (χ3v) is 7.40. The molecule has 34 heavy (non-hydrogen) atoms. The lowest BCUT2D eigenvalue weighted by Gasteiger charge is -2.31. The standard InChI is InChI=1S/C22H25N5O6S/c1-15-21(22(29)26(24(15)2)16-6-4-3-5-7-16)23-34(32,33)18-8-9-19(20(14-18)27(30)31)25-12-10-17(28)11-13-25/h3-9,14,17,23,28H,10-13H2,1-2H3. The zero-order valence-corrected chi connectivity index (χ0v) is 19.5. The van der Waals surface area contributed by atoms with Crippen molar-refractivity contribution in [1.29, 1.82) is 0 Å². The van der Waals surface area contributed by atoms with Crippen LogP contribution in [0.3, 0.4) is 0 Å². The lowest BCUT2D eigenvalue weighted by molar-refractivity contribution is -0.384. The molecule has 2 heterocycles. The van der Waals surface area contributed by atoms with Crippen molar-refractivity contribution in [3.05, 3.63) is 74.7 Å². The second-order valence-corrected chi connectivity index (χ2v) is 9.85. The molecule has 0 saturated carbocycles. The van der Waals surface area contributed by atoms with E-state index in [2.05, 4.69) is 4.72 Å². The number of aliphatic hydroxyl groups is 1. The molecule has 0 spiro atoms. The molecule has 2 aromatic carbocycles. The van der Waals surface area contributed by atoms with Gasteiger partial charge in [-0.25, -0.2) is 13.1 Å². The Balaban J connectivity index is 1.70. The summed E-state index contributed by atoms with van der Waals surface area (Å²) in [6, 6.07) is 12.4. The predicted molar refractivity (Wildman–Crippen MR) is 127 cm³/mol. The molecule has 0 aliphatic carbocycles. The number of hydrogen-bond acceptors (Lipinski definition) is 7. The molecule has 1 aromatic heterocycles. The van der Waals surface area contributed by atoms with E-state index in [0.29, 0.717) is 37.3 Å². The van der Waals surface area contributed by atoms with Crippen LogP contribution in [0.2, 0.25) is 0 Å². The van der Waals surface area contributed by atoms with E-state index in [1.807, 2.05) is 0 Å². The minimum atomic E-state index is -4.30. The molecular formula is C22H25N5O6S. The number of sulfonamides is 1. The number of nitro benzene ring substituents is 1. The molecular weight excluding hydrogens is 462 g/mol. The number of para-hydroxylation sites is 1. The van der Waals surface area contributed by atoms with Crippen LogP contribution < -0.4 is 15.2 Å². The van der Waals surface area contributed by atoms with Crippen LogP contribution in [-0.4, -0.2) is 47.0 Å².